The smallest absolute Gasteiger partial charge is 0.267 e. The van der Waals surface area contributed by atoms with Crippen LogP contribution in [0.25, 0.3) is 0 Å². The molecule has 0 radical (unpaired) electrons. The van der Waals surface area contributed by atoms with Crippen LogP contribution in [0.3, 0.4) is 0 Å². The van der Waals surface area contributed by atoms with Crippen LogP contribution in [-0.2, 0) is 17.8 Å². The summed E-state index contributed by atoms with van der Waals surface area (Å²) in [5, 5.41) is 25.0. The number of carbonyl (C=O) groups is 1. The predicted octanol–water partition coefficient (Wildman–Crippen LogP) is 2.60. The van der Waals surface area contributed by atoms with Crippen LogP contribution in [0, 0.1) is 18.3 Å². The molecule has 0 aliphatic carbocycles. The number of anilines is 2. The monoisotopic (exact) mass is 369 g/mol. The van der Waals surface area contributed by atoms with E-state index in [1.165, 1.54) is 28.5 Å². The number of thiazole rings is 1. The topological polar surface area (TPSA) is 101 Å². The Morgan fingerprint density at radius 1 is 1.50 bits per heavy atom. The highest BCUT2D eigenvalue weighted by Crippen LogP contribution is 2.28. The average Bonchev–Trinajstić information content (AvgIpc) is 3.00. The number of fused-ring (bicyclic) bond motifs is 1. The minimum atomic E-state index is -0.519. The van der Waals surface area contributed by atoms with Gasteiger partial charge in [-0.2, -0.15) is 5.26 Å². The summed E-state index contributed by atoms with van der Waals surface area (Å²) >= 11 is 1.53. The molecule has 1 aromatic heterocycles. The van der Waals surface area contributed by atoms with Crippen LogP contribution >= 0.6 is 11.3 Å². The Kier molecular flexibility index (Phi) is 5.21. The maximum absolute atomic E-state index is 12.3. The van der Waals surface area contributed by atoms with Gasteiger partial charge in [0.15, 0.2) is 5.13 Å². The van der Waals surface area contributed by atoms with Gasteiger partial charge in [0.1, 0.15) is 17.4 Å². The van der Waals surface area contributed by atoms with Crippen molar-refractivity contribution >= 4 is 28.1 Å². The van der Waals surface area contributed by atoms with Gasteiger partial charge in [0.2, 0.25) is 0 Å². The Bertz CT molecular complexity index is 913. The molecule has 0 unspecified atom stereocenters. The molecule has 1 aliphatic rings. The van der Waals surface area contributed by atoms with E-state index in [1.54, 1.807) is 19.1 Å². The Morgan fingerprint density at radius 3 is 3.04 bits per heavy atom. The van der Waals surface area contributed by atoms with E-state index in [-0.39, 0.29) is 11.3 Å². The first-order valence-corrected chi connectivity index (χ1v) is 8.93. The summed E-state index contributed by atoms with van der Waals surface area (Å²) in [5.74, 6) is -0.397. The molecule has 0 fully saturated rings. The van der Waals surface area contributed by atoms with E-state index in [0.717, 1.165) is 25.2 Å². The third kappa shape index (κ3) is 4.02. The fraction of sp³-hybridized carbons (Fsp3) is 0.278. The SMILES string of the molecule is Cc1cc(O)ccc1NC(=O)/C(C#N)=C\Nc1nc2c(s1)CN(C)CC2. The number of phenolic OH excluding ortho intramolecular Hbond substituents is 1. The van der Waals surface area contributed by atoms with Crippen molar-refractivity contribution in [3.8, 4) is 11.8 Å². The number of aryl methyl sites for hydroxylation is 1. The molecule has 0 saturated carbocycles. The molecule has 0 bridgehead atoms. The molecule has 1 amide bonds. The number of hydrogen-bond acceptors (Lipinski definition) is 7. The molecule has 0 atom stereocenters. The predicted molar refractivity (Wildman–Crippen MR) is 101 cm³/mol. The zero-order valence-corrected chi connectivity index (χ0v) is 15.4. The van der Waals surface area contributed by atoms with Crippen molar-refractivity contribution in [2.45, 2.75) is 19.9 Å². The third-order valence-electron chi connectivity index (χ3n) is 4.09. The first kappa shape index (κ1) is 17.9. The molecule has 0 saturated heterocycles. The van der Waals surface area contributed by atoms with Crippen LogP contribution in [0.15, 0.2) is 30.0 Å². The average molecular weight is 369 g/mol. The molecular formula is C18H19N5O2S. The van der Waals surface area contributed by atoms with Gasteiger partial charge >= 0.3 is 0 Å². The maximum Gasteiger partial charge on any atom is 0.267 e. The number of carbonyl (C=O) groups excluding carboxylic acids is 1. The number of likely N-dealkylation sites (N-methyl/N-ethyl adjacent to an activating group) is 1. The summed E-state index contributed by atoms with van der Waals surface area (Å²) in [6, 6.07) is 6.51. The summed E-state index contributed by atoms with van der Waals surface area (Å²) in [6.07, 6.45) is 2.28. The first-order chi connectivity index (χ1) is 12.5. The summed E-state index contributed by atoms with van der Waals surface area (Å²) in [5.41, 5.74) is 2.27. The lowest BCUT2D eigenvalue weighted by molar-refractivity contribution is -0.112. The number of hydrogen-bond donors (Lipinski definition) is 3. The molecule has 3 rings (SSSR count). The first-order valence-electron chi connectivity index (χ1n) is 8.11. The summed E-state index contributed by atoms with van der Waals surface area (Å²) in [4.78, 5) is 20.3. The number of rotatable bonds is 4. The van der Waals surface area contributed by atoms with E-state index in [9.17, 15) is 15.2 Å². The standard InChI is InChI=1S/C18H19N5O2S/c1-11-7-13(24)3-4-14(11)21-17(25)12(8-19)9-20-18-22-15-5-6-23(2)10-16(15)26-18/h3-4,7,9,24H,5-6,10H2,1-2H3,(H,20,22)(H,21,25)/b12-9-. The van der Waals surface area contributed by atoms with Gasteiger partial charge in [-0.05, 0) is 37.7 Å². The highest BCUT2D eigenvalue weighted by molar-refractivity contribution is 7.15. The van der Waals surface area contributed by atoms with E-state index in [1.807, 2.05) is 6.07 Å². The molecule has 134 valence electrons. The quantitative estimate of drug-likeness (QED) is 0.435. The van der Waals surface area contributed by atoms with Crippen LogP contribution in [0.1, 0.15) is 16.1 Å². The van der Waals surface area contributed by atoms with Gasteiger partial charge in [-0.25, -0.2) is 4.98 Å². The van der Waals surface area contributed by atoms with Gasteiger partial charge in [-0.3, -0.25) is 4.79 Å². The van der Waals surface area contributed by atoms with Crippen molar-refractivity contribution in [1.82, 2.24) is 9.88 Å². The van der Waals surface area contributed by atoms with Crippen LogP contribution < -0.4 is 10.6 Å². The number of nitriles is 1. The molecular weight excluding hydrogens is 350 g/mol. The normalized spacial score (nSPS) is 14.4. The van der Waals surface area contributed by atoms with Crippen LogP contribution in [0.5, 0.6) is 5.75 Å². The summed E-state index contributed by atoms with van der Waals surface area (Å²) in [6.45, 7) is 3.61. The van der Waals surface area contributed by atoms with Gasteiger partial charge in [-0.15, -0.1) is 11.3 Å². The van der Waals surface area contributed by atoms with Crippen LogP contribution in [-0.4, -0.2) is 34.5 Å². The Labute approximate surface area is 155 Å². The van der Waals surface area contributed by atoms with Crippen molar-refractivity contribution in [2.75, 3.05) is 24.2 Å². The molecule has 26 heavy (non-hydrogen) atoms. The third-order valence-corrected chi connectivity index (χ3v) is 5.10. The largest absolute Gasteiger partial charge is 0.508 e. The number of benzene rings is 1. The minimum absolute atomic E-state index is 0.0530. The fourth-order valence-corrected chi connectivity index (χ4v) is 3.70. The zero-order chi connectivity index (χ0) is 18.7. The number of aromatic nitrogens is 1. The fourth-order valence-electron chi connectivity index (χ4n) is 2.65. The van der Waals surface area contributed by atoms with E-state index in [2.05, 4.69) is 27.6 Å². The van der Waals surface area contributed by atoms with Gasteiger partial charge in [0.25, 0.3) is 5.91 Å². The molecule has 1 aliphatic heterocycles. The Morgan fingerprint density at radius 2 is 2.31 bits per heavy atom. The minimum Gasteiger partial charge on any atom is -0.508 e. The lowest BCUT2D eigenvalue weighted by Crippen LogP contribution is -2.25. The van der Waals surface area contributed by atoms with E-state index >= 15 is 0 Å². The van der Waals surface area contributed by atoms with Gasteiger partial charge in [0, 0.05) is 36.3 Å². The van der Waals surface area contributed by atoms with E-state index in [4.69, 9.17) is 0 Å². The summed E-state index contributed by atoms with van der Waals surface area (Å²) in [7, 11) is 2.07. The number of amides is 1. The van der Waals surface area contributed by atoms with Crippen molar-refractivity contribution in [3.63, 3.8) is 0 Å². The van der Waals surface area contributed by atoms with Gasteiger partial charge in [0.05, 0.1) is 5.69 Å². The van der Waals surface area contributed by atoms with Crippen molar-refractivity contribution in [2.24, 2.45) is 0 Å². The lowest BCUT2D eigenvalue weighted by atomic mass is 10.2. The Hall–Kier alpha value is -2.89. The molecule has 0 spiro atoms. The molecule has 1 aromatic carbocycles. The second kappa shape index (κ2) is 7.56. The molecule has 8 heteroatoms. The van der Waals surface area contributed by atoms with Crippen molar-refractivity contribution in [3.05, 3.63) is 46.1 Å². The number of nitrogens with one attached hydrogen (secondary N) is 2. The van der Waals surface area contributed by atoms with Gasteiger partial charge in [-0.1, -0.05) is 0 Å². The van der Waals surface area contributed by atoms with Crippen molar-refractivity contribution in [1.29, 1.82) is 5.26 Å². The van der Waals surface area contributed by atoms with E-state index < -0.39 is 5.91 Å². The second-order valence-electron chi connectivity index (χ2n) is 6.14. The Balaban J connectivity index is 1.70. The highest BCUT2D eigenvalue weighted by Gasteiger charge is 2.18. The summed E-state index contributed by atoms with van der Waals surface area (Å²) < 4.78 is 0. The van der Waals surface area contributed by atoms with Crippen molar-refractivity contribution < 1.29 is 9.90 Å². The van der Waals surface area contributed by atoms with Crippen LogP contribution in [0.4, 0.5) is 10.8 Å². The number of aromatic hydroxyl groups is 1. The number of nitrogens with zero attached hydrogens (tertiary/aromatic N) is 3. The number of phenols is 1. The van der Waals surface area contributed by atoms with Crippen LogP contribution in [0.2, 0.25) is 0 Å². The second-order valence-corrected chi connectivity index (χ2v) is 7.23. The molecule has 7 nitrogen and oxygen atoms in total. The highest BCUT2D eigenvalue weighted by atomic mass is 32.1. The zero-order valence-electron chi connectivity index (χ0n) is 14.5. The van der Waals surface area contributed by atoms with E-state index in [0.29, 0.717) is 16.4 Å². The molecule has 2 heterocycles. The maximum atomic E-state index is 12.3. The molecule has 2 aromatic rings. The van der Waals surface area contributed by atoms with Gasteiger partial charge < -0.3 is 20.6 Å². The molecule has 3 N–H and O–H groups in total. The lowest BCUT2D eigenvalue weighted by Gasteiger charge is -2.20.